The van der Waals surface area contributed by atoms with Gasteiger partial charge in [-0.25, -0.2) is 19.7 Å². The van der Waals surface area contributed by atoms with Gasteiger partial charge in [0.25, 0.3) is 0 Å². The van der Waals surface area contributed by atoms with E-state index in [4.69, 9.17) is 9.47 Å². The number of hydrogen-bond donors (Lipinski definition) is 4. The van der Waals surface area contributed by atoms with Gasteiger partial charge < -0.3 is 30.1 Å². The maximum Gasteiger partial charge on any atom is 0.328 e. The van der Waals surface area contributed by atoms with Crippen LogP contribution in [0.4, 0.5) is 5.82 Å². The van der Waals surface area contributed by atoms with Gasteiger partial charge >= 0.3 is 5.97 Å². The maximum absolute atomic E-state index is 12.6. The van der Waals surface area contributed by atoms with E-state index in [0.29, 0.717) is 23.4 Å². The van der Waals surface area contributed by atoms with Crippen molar-refractivity contribution in [2.24, 2.45) is 0 Å². The summed E-state index contributed by atoms with van der Waals surface area (Å²) in [6, 6.07) is 8.80. The third-order valence-electron chi connectivity index (χ3n) is 5.31. The van der Waals surface area contributed by atoms with E-state index in [1.165, 1.54) is 17.2 Å². The topological polar surface area (TPSA) is 152 Å². The van der Waals surface area contributed by atoms with Crippen LogP contribution in [-0.4, -0.2) is 78.4 Å². The fraction of sp³-hybridized carbons (Fsp3) is 0.429. The fourth-order valence-electron chi connectivity index (χ4n) is 3.70. The zero-order valence-electron chi connectivity index (χ0n) is 17.4. The van der Waals surface area contributed by atoms with Crippen molar-refractivity contribution in [1.29, 1.82) is 0 Å². The lowest BCUT2D eigenvalue weighted by molar-refractivity contribution is -0.144. The van der Waals surface area contributed by atoms with Gasteiger partial charge in [-0.05, 0) is 12.5 Å². The van der Waals surface area contributed by atoms with Crippen molar-refractivity contribution in [3.8, 4) is 0 Å². The third kappa shape index (κ3) is 4.28. The number of benzene rings is 1. The monoisotopic (exact) mass is 443 g/mol. The van der Waals surface area contributed by atoms with Crippen LogP contribution in [0.5, 0.6) is 0 Å². The van der Waals surface area contributed by atoms with Crippen molar-refractivity contribution in [2.45, 2.75) is 43.9 Å². The first kappa shape index (κ1) is 22.1. The predicted molar refractivity (Wildman–Crippen MR) is 113 cm³/mol. The number of esters is 1. The number of rotatable bonds is 8. The highest BCUT2D eigenvalue weighted by molar-refractivity contribution is 5.86. The number of aliphatic hydroxyl groups is 3. The Hall–Kier alpha value is -3.12. The van der Waals surface area contributed by atoms with Crippen molar-refractivity contribution >= 4 is 23.0 Å². The van der Waals surface area contributed by atoms with Crippen molar-refractivity contribution in [3.05, 3.63) is 48.5 Å². The summed E-state index contributed by atoms with van der Waals surface area (Å²) < 4.78 is 12.3. The van der Waals surface area contributed by atoms with Gasteiger partial charge in [0.05, 0.1) is 19.5 Å². The van der Waals surface area contributed by atoms with E-state index >= 15 is 0 Å². The van der Waals surface area contributed by atoms with E-state index in [1.807, 2.05) is 30.3 Å². The number of imidazole rings is 1. The molecule has 0 aliphatic carbocycles. The predicted octanol–water partition coefficient (Wildman–Crippen LogP) is 0.0241. The molecule has 170 valence electrons. The first-order valence-corrected chi connectivity index (χ1v) is 10.3. The Morgan fingerprint density at radius 1 is 1.22 bits per heavy atom. The molecule has 0 saturated carbocycles. The summed E-state index contributed by atoms with van der Waals surface area (Å²) >= 11 is 0. The Balaban J connectivity index is 1.63. The van der Waals surface area contributed by atoms with Crippen molar-refractivity contribution in [3.63, 3.8) is 0 Å². The molecule has 1 aromatic carbocycles. The van der Waals surface area contributed by atoms with Crippen molar-refractivity contribution < 1.29 is 29.6 Å². The lowest BCUT2D eigenvalue weighted by atomic mass is 10.1. The highest BCUT2D eigenvalue weighted by atomic mass is 16.6. The number of nitrogens with one attached hydrogen (secondary N) is 1. The Kier molecular flexibility index (Phi) is 6.61. The summed E-state index contributed by atoms with van der Waals surface area (Å²) in [5.74, 6) is -0.111. The van der Waals surface area contributed by atoms with Gasteiger partial charge in [-0.1, -0.05) is 30.3 Å². The van der Waals surface area contributed by atoms with Crippen LogP contribution in [0.15, 0.2) is 43.0 Å². The molecule has 0 amide bonds. The minimum Gasteiger partial charge on any atom is -0.464 e. The Morgan fingerprint density at radius 3 is 2.69 bits per heavy atom. The molecule has 1 aliphatic heterocycles. The van der Waals surface area contributed by atoms with Gasteiger partial charge in [0.15, 0.2) is 23.2 Å². The number of aliphatic hydroxyl groups excluding tert-OH is 3. The number of carbonyl (C=O) groups excluding carboxylic acids is 1. The molecule has 4 N–H and O–H groups in total. The molecule has 3 aromatic rings. The average Bonchev–Trinajstić information content (AvgIpc) is 3.36. The molecule has 1 unspecified atom stereocenters. The molecule has 0 radical (unpaired) electrons. The minimum atomic E-state index is -1.28. The summed E-state index contributed by atoms with van der Waals surface area (Å²) in [4.78, 5) is 25.4. The lowest BCUT2D eigenvalue weighted by Gasteiger charge is -2.19. The zero-order chi connectivity index (χ0) is 22.7. The number of ether oxygens (including phenoxy) is 2. The number of hydrogen-bond acceptors (Lipinski definition) is 10. The molecule has 1 aliphatic rings. The van der Waals surface area contributed by atoms with Crippen LogP contribution in [0.2, 0.25) is 0 Å². The van der Waals surface area contributed by atoms with E-state index in [2.05, 4.69) is 20.3 Å². The second-order valence-corrected chi connectivity index (χ2v) is 7.41. The number of carbonyl (C=O) groups is 1. The normalized spacial score (nSPS) is 23.9. The number of aromatic nitrogens is 4. The minimum absolute atomic E-state index is 0.241. The summed E-state index contributed by atoms with van der Waals surface area (Å²) in [7, 11) is 0. The second-order valence-electron chi connectivity index (χ2n) is 7.41. The average molecular weight is 443 g/mol. The summed E-state index contributed by atoms with van der Waals surface area (Å²) in [5.41, 5.74) is 1.63. The van der Waals surface area contributed by atoms with Gasteiger partial charge in [0.2, 0.25) is 0 Å². The smallest absolute Gasteiger partial charge is 0.328 e. The van der Waals surface area contributed by atoms with E-state index in [9.17, 15) is 20.1 Å². The summed E-state index contributed by atoms with van der Waals surface area (Å²) in [6.07, 6.45) is -1.36. The molecule has 32 heavy (non-hydrogen) atoms. The highest BCUT2D eigenvalue weighted by Gasteiger charge is 2.44. The van der Waals surface area contributed by atoms with E-state index in [-0.39, 0.29) is 6.61 Å². The van der Waals surface area contributed by atoms with Crippen LogP contribution in [-0.2, 0) is 20.7 Å². The molecular formula is C21H25N5O6. The first-order chi connectivity index (χ1) is 15.5. The largest absolute Gasteiger partial charge is 0.464 e. The third-order valence-corrected chi connectivity index (χ3v) is 5.31. The van der Waals surface area contributed by atoms with Crippen molar-refractivity contribution in [1.82, 2.24) is 19.5 Å². The first-order valence-electron chi connectivity index (χ1n) is 10.3. The molecule has 3 heterocycles. The number of nitrogens with zero attached hydrogens (tertiary/aromatic N) is 4. The molecular weight excluding hydrogens is 418 g/mol. The SMILES string of the molecule is CCOC(=O)[C@H](Cc1ccccc1)Nc1ncnc2c1ncn2[C@@H]1O[C@H](CO)C(O)[C@@H]1O. The van der Waals surface area contributed by atoms with Crippen LogP contribution in [0.3, 0.4) is 0 Å². The highest BCUT2D eigenvalue weighted by Crippen LogP contribution is 2.32. The van der Waals surface area contributed by atoms with Crippen LogP contribution in [0.25, 0.3) is 11.2 Å². The van der Waals surface area contributed by atoms with E-state index in [1.54, 1.807) is 6.92 Å². The molecule has 2 aromatic heterocycles. The maximum atomic E-state index is 12.6. The summed E-state index contributed by atoms with van der Waals surface area (Å²) in [5, 5.41) is 32.9. The van der Waals surface area contributed by atoms with Crippen LogP contribution < -0.4 is 5.32 Å². The standard InChI is InChI=1S/C21H25N5O6/c1-2-31-21(30)13(8-12-6-4-3-5-7-12)25-18-15-19(23-10-22-18)26(11-24-15)20-17(29)16(28)14(9-27)32-20/h3-7,10-11,13-14,16-17,20,27-29H,2,8-9H2,1H3,(H,22,23,25)/t13-,14+,16?,17-,20+/m0/s1. The second kappa shape index (κ2) is 9.57. The van der Waals surface area contributed by atoms with Crippen LogP contribution in [0, 0.1) is 0 Å². The Bertz CT molecular complexity index is 1060. The molecule has 1 fully saturated rings. The number of anilines is 1. The van der Waals surface area contributed by atoms with E-state index in [0.717, 1.165) is 5.56 Å². The Labute approximate surface area is 183 Å². The van der Waals surface area contributed by atoms with Gasteiger partial charge in [-0.15, -0.1) is 0 Å². The van der Waals surface area contributed by atoms with Gasteiger partial charge in [-0.3, -0.25) is 4.57 Å². The van der Waals surface area contributed by atoms with Gasteiger partial charge in [-0.2, -0.15) is 0 Å². The van der Waals surface area contributed by atoms with Crippen molar-refractivity contribution in [2.75, 3.05) is 18.5 Å². The molecule has 11 nitrogen and oxygen atoms in total. The lowest BCUT2D eigenvalue weighted by Crippen LogP contribution is -2.34. The molecule has 5 atom stereocenters. The number of fused-ring (bicyclic) bond motifs is 1. The van der Waals surface area contributed by atoms with Gasteiger partial charge in [0.1, 0.15) is 30.7 Å². The van der Waals surface area contributed by atoms with Crippen LogP contribution in [0.1, 0.15) is 18.7 Å². The summed E-state index contributed by atoms with van der Waals surface area (Å²) in [6.45, 7) is 1.54. The van der Waals surface area contributed by atoms with Gasteiger partial charge in [0, 0.05) is 6.42 Å². The molecule has 1 saturated heterocycles. The quantitative estimate of drug-likeness (QED) is 0.351. The fourth-order valence-corrected chi connectivity index (χ4v) is 3.70. The Morgan fingerprint density at radius 2 is 2.00 bits per heavy atom. The zero-order valence-corrected chi connectivity index (χ0v) is 17.4. The molecule has 0 bridgehead atoms. The van der Waals surface area contributed by atoms with Crippen LogP contribution >= 0.6 is 0 Å². The van der Waals surface area contributed by atoms with E-state index < -0.39 is 43.2 Å². The molecule has 4 rings (SSSR count). The molecule has 0 spiro atoms. The molecule has 11 heteroatoms.